The SMILES string of the molecule is CCc1ccc(OCc2ccc(C(=O)NCc3cc(C)n(C)n3)o2)cc1. The maximum absolute atomic E-state index is 12.2. The minimum Gasteiger partial charge on any atom is -0.486 e. The van der Waals surface area contributed by atoms with Crippen molar-refractivity contribution < 1.29 is 13.9 Å². The van der Waals surface area contributed by atoms with Crippen LogP contribution in [0.3, 0.4) is 0 Å². The predicted molar refractivity (Wildman–Crippen MR) is 98.0 cm³/mol. The van der Waals surface area contributed by atoms with E-state index >= 15 is 0 Å². The first-order valence-corrected chi connectivity index (χ1v) is 8.63. The van der Waals surface area contributed by atoms with E-state index in [1.54, 1.807) is 16.8 Å². The molecule has 0 aliphatic heterocycles. The summed E-state index contributed by atoms with van der Waals surface area (Å²) in [6.07, 6.45) is 0.995. The summed E-state index contributed by atoms with van der Waals surface area (Å²) in [7, 11) is 1.87. The maximum Gasteiger partial charge on any atom is 0.287 e. The summed E-state index contributed by atoms with van der Waals surface area (Å²) < 4.78 is 13.0. The van der Waals surface area contributed by atoms with Crippen molar-refractivity contribution in [2.45, 2.75) is 33.4 Å². The lowest BCUT2D eigenvalue weighted by Crippen LogP contribution is -2.22. The van der Waals surface area contributed by atoms with Crippen LogP contribution in [0.1, 0.15) is 40.2 Å². The topological polar surface area (TPSA) is 69.3 Å². The Balaban J connectivity index is 1.52. The van der Waals surface area contributed by atoms with E-state index in [0.717, 1.165) is 23.6 Å². The normalized spacial score (nSPS) is 10.7. The zero-order valence-electron chi connectivity index (χ0n) is 15.3. The Morgan fingerprint density at radius 1 is 1.23 bits per heavy atom. The van der Waals surface area contributed by atoms with E-state index in [2.05, 4.69) is 17.3 Å². The number of rotatable bonds is 7. The van der Waals surface area contributed by atoms with Crippen LogP contribution in [0.5, 0.6) is 5.75 Å². The van der Waals surface area contributed by atoms with Gasteiger partial charge >= 0.3 is 0 Å². The number of nitrogens with one attached hydrogen (secondary N) is 1. The first-order valence-electron chi connectivity index (χ1n) is 8.63. The molecule has 6 heteroatoms. The van der Waals surface area contributed by atoms with Gasteiger partial charge in [0, 0.05) is 12.7 Å². The van der Waals surface area contributed by atoms with Crippen LogP contribution in [0.4, 0.5) is 0 Å². The Hall–Kier alpha value is -3.02. The average Bonchev–Trinajstić information content (AvgIpc) is 3.25. The molecule has 3 aromatic rings. The number of ether oxygens (including phenoxy) is 1. The highest BCUT2D eigenvalue weighted by atomic mass is 16.5. The number of carbonyl (C=O) groups is 1. The number of benzene rings is 1. The Kier molecular flexibility index (Phi) is 5.41. The number of hydrogen-bond acceptors (Lipinski definition) is 4. The van der Waals surface area contributed by atoms with Gasteiger partial charge in [0.25, 0.3) is 5.91 Å². The molecule has 0 spiro atoms. The van der Waals surface area contributed by atoms with Crippen LogP contribution >= 0.6 is 0 Å². The summed E-state index contributed by atoms with van der Waals surface area (Å²) in [6, 6.07) is 13.3. The fraction of sp³-hybridized carbons (Fsp3) is 0.300. The third kappa shape index (κ3) is 4.33. The van der Waals surface area contributed by atoms with E-state index in [1.165, 1.54) is 5.56 Å². The first kappa shape index (κ1) is 17.8. The second-order valence-corrected chi connectivity index (χ2v) is 6.14. The van der Waals surface area contributed by atoms with Gasteiger partial charge in [-0.15, -0.1) is 0 Å². The standard InChI is InChI=1S/C20H23N3O3/c1-4-15-5-7-17(8-6-15)25-13-18-9-10-19(26-18)20(24)21-12-16-11-14(2)23(3)22-16/h5-11H,4,12-13H2,1-3H3,(H,21,24). The molecule has 0 unspecified atom stereocenters. The van der Waals surface area contributed by atoms with Crippen molar-refractivity contribution >= 4 is 5.91 Å². The Bertz CT molecular complexity index is 859. The van der Waals surface area contributed by atoms with Crippen LogP contribution in [0.2, 0.25) is 0 Å². The fourth-order valence-corrected chi connectivity index (χ4v) is 2.53. The van der Waals surface area contributed by atoms with E-state index in [9.17, 15) is 4.79 Å². The van der Waals surface area contributed by atoms with E-state index in [0.29, 0.717) is 12.3 Å². The molecule has 0 aliphatic carbocycles. The lowest BCUT2D eigenvalue weighted by molar-refractivity contribution is 0.0918. The molecule has 1 amide bonds. The molecule has 136 valence electrons. The second kappa shape index (κ2) is 7.91. The fourth-order valence-electron chi connectivity index (χ4n) is 2.53. The van der Waals surface area contributed by atoms with Gasteiger partial charge in [-0.05, 0) is 49.2 Å². The smallest absolute Gasteiger partial charge is 0.287 e. The predicted octanol–water partition coefficient (Wildman–Crippen LogP) is 3.39. The molecular formula is C20H23N3O3. The van der Waals surface area contributed by atoms with E-state index in [4.69, 9.17) is 9.15 Å². The van der Waals surface area contributed by atoms with Crippen LogP contribution in [0.15, 0.2) is 46.9 Å². The molecule has 3 rings (SSSR count). The third-order valence-corrected chi connectivity index (χ3v) is 4.19. The van der Waals surface area contributed by atoms with Crippen molar-refractivity contribution in [3.63, 3.8) is 0 Å². The molecule has 0 radical (unpaired) electrons. The number of aryl methyl sites for hydroxylation is 3. The zero-order chi connectivity index (χ0) is 18.5. The molecule has 0 bridgehead atoms. The molecular weight excluding hydrogens is 330 g/mol. The molecule has 1 N–H and O–H groups in total. The van der Waals surface area contributed by atoms with Crippen molar-refractivity contribution in [1.29, 1.82) is 0 Å². The summed E-state index contributed by atoms with van der Waals surface area (Å²) in [4.78, 5) is 12.2. The number of amides is 1. The van der Waals surface area contributed by atoms with Crippen LogP contribution in [-0.4, -0.2) is 15.7 Å². The van der Waals surface area contributed by atoms with Gasteiger partial charge in [0.1, 0.15) is 18.1 Å². The molecule has 1 aromatic carbocycles. The van der Waals surface area contributed by atoms with Crippen molar-refractivity contribution in [3.05, 3.63) is 70.9 Å². The number of hydrogen-bond donors (Lipinski definition) is 1. The minimum atomic E-state index is -0.271. The Morgan fingerprint density at radius 2 is 2.00 bits per heavy atom. The monoisotopic (exact) mass is 353 g/mol. The lowest BCUT2D eigenvalue weighted by atomic mass is 10.2. The number of carbonyl (C=O) groups excluding carboxylic acids is 1. The van der Waals surface area contributed by atoms with Gasteiger partial charge in [-0.2, -0.15) is 5.10 Å². The van der Waals surface area contributed by atoms with Crippen LogP contribution in [0.25, 0.3) is 0 Å². The van der Waals surface area contributed by atoms with Gasteiger partial charge < -0.3 is 14.5 Å². The van der Waals surface area contributed by atoms with Crippen molar-refractivity contribution in [3.8, 4) is 5.75 Å². The summed E-state index contributed by atoms with van der Waals surface area (Å²) in [5.74, 6) is 1.36. The maximum atomic E-state index is 12.2. The molecule has 2 aromatic heterocycles. The Morgan fingerprint density at radius 3 is 2.65 bits per heavy atom. The lowest BCUT2D eigenvalue weighted by Gasteiger charge is -2.05. The van der Waals surface area contributed by atoms with Crippen LogP contribution in [0, 0.1) is 6.92 Å². The highest BCUT2D eigenvalue weighted by molar-refractivity contribution is 5.91. The first-order chi connectivity index (χ1) is 12.5. The molecule has 0 saturated heterocycles. The summed E-state index contributed by atoms with van der Waals surface area (Å²) >= 11 is 0. The summed E-state index contributed by atoms with van der Waals surface area (Å²) in [5, 5.41) is 7.11. The Labute approximate surface area is 152 Å². The van der Waals surface area contributed by atoms with Gasteiger partial charge in [0.05, 0.1) is 12.2 Å². The molecule has 0 fully saturated rings. The molecule has 26 heavy (non-hydrogen) atoms. The third-order valence-electron chi connectivity index (χ3n) is 4.19. The van der Waals surface area contributed by atoms with Crippen LogP contribution < -0.4 is 10.1 Å². The van der Waals surface area contributed by atoms with Gasteiger partial charge in [0.2, 0.25) is 0 Å². The molecule has 2 heterocycles. The molecule has 0 aliphatic rings. The largest absolute Gasteiger partial charge is 0.486 e. The second-order valence-electron chi connectivity index (χ2n) is 6.14. The van der Waals surface area contributed by atoms with Gasteiger partial charge in [-0.1, -0.05) is 19.1 Å². The number of furan rings is 1. The van der Waals surface area contributed by atoms with Crippen LogP contribution in [-0.2, 0) is 26.6 Å². The van der Waals surface area contributed by atoms with E-state index in [-0.39, 0.29) is 18.3 Å². The van der Waals surface area contributed by atoms with E-state index in [1.807, 2.05) is 44.3 Å². The quantitative estimate of drug-likeness (QED) is 0.707. The van der Waals surface area contributed by atoms with Crippen molar-refractivity contribution in [2.75, 3.05) is 0 Å². The van der Waals surface area contributed by atoms with Gasteiger partial charge in [-0.3, -0.25) is 9.48 Å². The average molecular weight is 353 g/mol. The number of nitrogens with zero attached hydrogens (tertiary/aromatic N) is 2. The minimum absolute atomic E-state index is 0.262. The summed E-state index contributed by atoms with van der Waals surface area (Å²) in [6.45, 7) is 4.71. The van der Waals surface area contributed by atoms with Gasteiger partial charge in [0.15, 0.2) is 5.76 Å². The highest BCUT2D eigenvalue weighted by Gasteiger charge is 2.12. The molecule has 0 saturated carbocycles. The van der Waals surface area contributed by atoms with Crippen molar-refractivity contribution in [1.82, 2.24) is 15.1 Å². The van der Waals surface area contributed by atoms with E-state index < -0.39 is 0 Å². The molecule has 0 atom stereocenters. The van der Waals surface area contributed by atoms with Gasteiger partial charge in [-0.25, -0.2) is 0 Å². The zero-order valence-corrected chi connectivity index (χ0v) is 15.3. The summed E-state index contributed by atoms with van der Waals surface area (Å²) in [5.41, 5.74) is 3.11. The van der Waals surface area contributed by atoms with Crippen molar-refractivity contribution in [2.24, 2.45) is 7.05 Å². The number of aromatic nitrogens is 2. The molecule has 6 nitrogen and oxygen atoms in total. The highest BCUT2D eigenvalue weighted by Crippen LogP contribution is 2.16.